The van der Waals surface area contributed by atoms with Gasteiger partial charge in [-0.05, 0) is 44.3 Å². The molecule has 1 N–H and O–H groups in total. The molecule has 2 rings (SSSR count). The number of benzene rings is 1. The normalized spacial score (nSPS) is 20.0. The molecular formula is C14H22N2O2. The SMILES string of the molecule is COc1ccc(OCCNC2CCN(C)C2)cc1. The van der Waals surface area contributed by atoms with Gasteiger partial charge in [-0.25, -0.2) is 0 Å². The standard InChI is InChI=1S/C14H22N2O2/c1-16-9-7-12(11-16)15-8-10-18-14-5-3-13(17-2)4-6-14/h3-6,12,15H,7-11H2,1-2H3. The lowest BCUT2D eigenvalue weighted by Gasteiger charge is -2.13. The minimum Gasteiger partial charge on any atom is -0.497 e. The first-order valence-electron chi connectivity index (χ1n) is 6.46. The van der Waals surface area contributed by atoms with Gasteiger partial charge in [-0.15, -0.1) is 0 Å². The van der Waals surface area contributed by atoms with Crippen molar-refractivity contribution in [3.8, 4) is 11.5 Å². The van der Waals surface area contributed by atoms with E-state index in [0.29, 0.717) is 12.6 Å². The van der Waals surface area contributed by atoms with Crippen molar-refractivity contribution in [1.29, 1.82) is 0 Å². The summed E-state index contributed by atoms with van der Waals surface area (Å²) in [6.45, 7) is 3.93. The quantitative estimate of drug-likeness (QED) is 0.773. The summed E-state index contributed by atoms with van der Waals surface area (Å²) in [5.41, 5.74) is 0. The first kappa shape index (κ1) is 13.2. The Balaban J connectivity index is 1.62. The second kappa shape index (κ2) is 6.61. The minimum absolute atomic E-state index is 0.620. The fourth-order valence-corrected chi connectivity index (χ4v) is 2.21. The van der Waals surface area contributed by atoms with Gasteiger partial charge < -0.3 is 19.7 Å². The predicted octanol–water partition coefficient (Wildman–Crippen LogP) is 1.37. The molecule has 0 aromatic heterocycles. The van der Waals surface area contributed by atoms with Crippen LogP contribution in [-0.4, -0.2) is 51.3 Å². The molecule has 0 bridgehead atoms. The monoisotopic (exact) mass is 250 g/mol. The van der Waals surface area contributed by atoms with E-state index < -0.39 is 0 Å². The number of nitrogens with one attached hydrogen (secondary N) is 1. The average molecular weight is 250 g/mol. The van der Waals surface area contributed by atoms with Crippen molar-refractivity contribution < 1.29 is 9.47 Å². The summed E-state index contributed by atoms with van der Waals surface area (Å²) in [4.78, 5) is 2.35. The van der Waals surface area contributed by atoms with Crippen molar-refractivity contribution in [1.82, 2.24) is 10.2 Å². The zero-order valence-corrected chi connectivity index (χ0v) is 11.2. The number of hydrogen-bond donors (Lipinski definition) is 1. The highest BCUT2D eigenvalue weighted by molar-refractivity contribution is 5.31. The van der Waals surface area contributed by atoms with Crippen LogP contribution in [0.5, 0.6) is 11.5 Å². The Labute approximate surface area is 109 Å². The third-order valence-corrected chi connectivity index (χ3v) is 3.25. The number of nitrogens with zero attached hydrogens (tertiary/aromatic N) is 1. The molecule has 1 heterocycles. The lowest BCUT2D eigenvalue weighted by molar-refractivity contribution is 0.303. The molecule has 4 nitrogen and oxygen atoms in total. The number of methoxy groups -OCH3 is 1. The van der Waals surface area contributed by atoms with Crippen molar-refractivity contribution >= 4 is 0 Å². The van der Waals surface area contributed by atoms with Crippen LogP contribution in [0.3, 0.4) is 0 Å². The van der Waals surface area contributed by atoms with Gasteiger partial charge in [0.15, 0.2) is 0 Å². The van der Waals surface area contributed by atoms with E-state index in [1.54, 1.807) is 7.11 Å². The van der Waals surface area contributed by atoms with Crippen LogP contribution in [0.1, 0.15) is 6.42 Å². The molecule has 0 aliphatic carbocycles. The molecule has 1 aliphatic rings. The van der Waals surface area contributed by atoms with Crippen molar-refractivity contribution in [2.24, 2.45) is 0 Å². The van der Waals surface area contributed by atoms with Crippen molar-refractivity contribution in [2.45, 2.75) is 12.5 Å². The van der Waals surface area contributed by atoms with Gasteiger partial charge >= 0.3 is 0 Å². The predicted molar refractivity (Wildman–Crippen MR) is 72.4 cm³/mol. The third-order valence-electron chi connectivity index (χ3n) is 3.25. The van der Waals surface area contributed by atoms with E-state index in [1.807, 2.05) is 24.3 Å². The van der Waals surface area contributed by atoms with E-state index in [-0.39, 0.29) is 0 Å². The molecule has 100 valence electrons. The van der Waals surface area contributed by atoms with Crippen LogP contribution in [0, 0.1) is 0 Å². The number of ether oxygens (including phenoxy) is 2. The lowest BCUT2D eigenvalue weighted by atomic mass is 10.3. The van der Waals surface area contributed by atoms with Crippen LogP contribution < -0.4 is 14.8 Å². The Morgan fingerprint density at radius 1 is 1.28 bits per heavy atom. The van der Waals surface area contributed by atoms with E-state index in [2.05, 4.69) is 17.3 Å². The maximum atomic E-state index is 5.66. The number of likely N-dealkylation sites (N-methyl/N-ethyl adjacent to an activating group) is 1. The number of likely N-dealkylation sites (tertiary alicyclic amines) is 1. The number of rotatable bonds is 6. The molecule has 1 saturated heterocycles. The summed E-state index contributed by atoms with van der Waals surface area (Å²) in [7, 11) is 3.83. The Morgan fingerprint density at radius 2 is 2.00 bits per heavy atom. The Kier molecular flexibility index (Phi) is 4.84. The van der Waals surface area contributed by atoms with Gasteiger partial charge in [-0.2, -0.15) is 0 Å². The molecule has 1 aliphatic heterocycles. The Bertz CT molecular complexity index is 353. The zero-order chi connectivity index (χ0) is 12.8. The molecule has 4 heteroatoms. The smallest absolute Gasteiger partial charge is 0.119 e. The van der Waals surface area contributed by atoms with Crippen molar-refractivity contribution in [2.75, 3.05) is 40.4 Å². The molecule has 18 heavy (non-hydrogen) atoms. The van der Waals surface area contributed by atoms with E-state index in [1.165, 1.54) is 13.0 Å². The first-order chi connectivity index (χ1) is 8.78. The molecule has 1 fully saturated rings. The molecular weight excluding hydrogens is 228 g/mol. The highest BCUT2D eigenvalue weighted by Crippen LogP contribution is 2.16. The van der Waals surface area contributed by atoms with Gasteiger partial charge in [-0.1, -0.05) is 0 Å². The van der Waals surface area contributed by atoms with Crippen LogP contribution in [0.25, 0.3) is 0 Å². The average Bonchev–Trinajstić information content (AvgIpc) is 2.81. The first-order valence-corrected chi connectivity index (χ1v) is 6.46. The van der Waals surface area contributed by atoms with E-state index in [0.717, 1.165) is 24.6 Å². The molecule has 1 aromatic rings. The molecule has 0 spiro atoms. The minimum atomic E-state index is 0.620. The molecule has 1 atom stereocenters. The van der Waals surface area contributed by atoms with Crippen LogP contribution in [-0.2, 0) is 0 Å². The maximum absolute atomic E-state index is 5.66. The highest BCUT2D eigenvalue weighted by Gasteiger charge is 2.17. The summed E-state index contributed by atoms with van der Waals surface area (Å²) < 4.78 is 10.8. The topological polar surface area (TPSA) is 33.7 Å². The fourth-order valence-electron chi connectivity index (χ4n) is 2.21. The second-order valence-corrected chi connectivity index (χ2v) is 4.73. The van der Waals surface area contributed by atoms with Crippen LogP contribution >= 0.6 is 0 Å². The Hall–Kier alpha value is -1.26. The highest BCUT2D eigenvalue weighted by atomic mass is 16.5. The second-order valence-electron chi connectivity index (χ2n) is 4.73. The van der Waals surface area contributed by atoms with E-state index in [9.17, 15) is 0 Å². The summed E-state index contributed by atoms with van der Waals surface area (Å²) in [6.07, 6.45) is 1.24. The van der Waals surface area contributed by atoms with Gasteiger partial charge in [0.25, 0.3) is 0 Å². The van der Waals surface area contributed by atoms with Gasteiger partial charge in [0.1, 0.15) is 18.1 Å². The third kappa shape index (κ3) is 3.89. The molecule has 0 saturated carbocycles. The lowest BCUT2D eigenvalue weighted by Crippen LogP contribution is -2.34. The molecule has 1 aromatic carbocycles. The van der Waals surface area contributed by atoms with Crippen LogP contribution in [0.2, 0.25) is 0 Å². The van der Waals surface area contributed by atoms with Gasteiger partial charge in [0.2, 0.25) is 0 Å². The van der Waals surface area contributed by atoms with Crippen molar-refractivity contribution in [3.63, 3.8) is 0 Å². The van der Waals surface area contributed by atoms with Gasteiger partial charge in [-0.3, -0.25) is 0 Å². The van der Waals surface area contributed by atoms with Gasteiger partial charge in [0, 0.05) is 19.1 Å². The molecule has 0 radical (unpaired) electrons. The van der Waals surface area contributed by atoms with Gasteiger partial charge in [0.05, 0.1) is 7.11 Å². The van der Waals surface area contributed by atoms with Crippen molar-refractivity contribution in [3.05, 3.63) is 24.3 Å². The zero-order valence-electron chi connectivity index (χ0n) is 11.2. The maximum Gasteiger partial charge on any atom is 0.119 e. The summed E-state index contributed by atoms with van der Waals surface area (Å²) in [6, 6.07) is 8.31. The van der Waals surface area contributed by atoms with E-state index in [4.69, 9.17) is 9.47 Å². The summed E-state index contributed by atoms with van der Waals surface area (Å²) in [5, 5.41) is 3.51. The summed E-state index contributed by atoms with van der Waals surface area (Å²) >= 11 is 0. The largest absolute Gasteiger partial charge is 0.497 e. The number of hydrogen-bond acceptors (Lipinski definition) is 4. The molecule has 1 unspecified atom stereocenters. The van der Waals surface area contributed by atoms with Crippen LogP contribution in [0.4, 0.5) is 0 Å². The molecule has 0 amide bonds. The fraction of sp³-hybridized carbons (Fsp3) is 0.571. The van der Waals surface area contributed by atoms with Crippen LogP contribution in [0.15, 0.2) is 24.3 Å². The van der Waals surface area contributed by atoms with E-state index >= 15 is 0 Å². The Morgan fingerprint density at radius 3 is 2.61 bits per heavy atom. The summed E-state index contributed by atoms with van der Waals surface area (Å²) in [5.74, 6) is 1.75.